The summed E-state index contributed by atoms with van der Waals surface area (Å²) >= 11 is 0. The standard InChI is InChI=1S/C14H27N3O2/c1-3-16-8-5-12(6-9-16)17-10-7-15-11-13(17)14(18)19-4-2/h12-13,15H,3-11H2,1-2H3. The van der Waals surface area contributed by atoms with E-state index in [-0.39, 0.29) is 12.0 Å². The minimum atomic E-state index is -0.0909. The van der Waals surface area contributed by atoms with Crippen molar-refractivity contribution < 1.29 is 9.53 Å². The van der Waals surface area contributed by atoms with Crippen molar-refractivity contribution >= 4 is 5.97 Å². The number of carbonyl (C=O) groups excluding carboxylic acids is 1. The molecule has 0 bridgehead atoms. The van der Waals surface area contributed by atoms with Crippen LogP contribution in [0, 0.1) is 0 Å². The Balaban J connectivity index is 1.94. The van der Waals surface area contributed by atoms with Crippen LogP contribution in [0.3, 0.4) is 0 Å². The van der Waals surface area contributed by atoms with E-state index in [0.29, 0.717) is 12.6 Å². The molecule has 5 heteroatoms. The third-order valence-corrected chi connectivity index (χ3v) is 4.32. The summed E-state index contributed by atoms with van der Waals surface area (Å²) in [5.74, 6) is -0.0624. The molecule has 2 heterocycles. The summed E-state index contributed by atoms with van der Waals surface area (Å²) in [4.78, 5) is 16.9. The van der Waals surface area contributed by atoms with E-state index < -0.39 is 0 Å². The molecule has 0 saturated carbocycles. The van der Waals surface area contributed by atoms with E-state index in [4.69, 9.17) is 4.74 Å². The lowest BCUT2D eigenvalue weighted by molar-refractivity contribution is -0.151. The molecule has 2 fully saturated rings. The van der Waals surface area contributed by atoms with Gasteiger partial charge < -0.3 is 15.0 Å². The molecule has 1 atom stereocenters. The SMILES string of the molecule is CCOC(=O)C1CNCCN1C1CCN(CC)CC1. The zero-order valence-corrected chi connectivity index (χ0v) is 12.2. The topological polar surface area (TPSA) is 44.8 Å². The molecular weight excluding hydrogens is 242 g/mol. The average molecular weight is 269 g/mol. The van der Waals surface area contributed by atoms with Crippen LogP contribution in [0.25, 0.3) is 0 Å². The van der Waals surface area contributed by atoms with Gasteiger partial charge in [-0.25, -0.2) is 0 Å². The molecule has 19 heavy (non-hydrogen) atoms. The number of ether oxygens (including phenoxy) is 1. The van der Waals surface area contributed by atoms with E-state index in [0.717, 1.165) is 39.3 Å². The van der Waals surface area contributed by atoms with Gasteiger partial charge in [0, 0.05) is 25.7 Å². The van der Waals surface area contributed by atoms with E-state index in [1.807, 2.05) is 6.92 Å². The molecule has 0 aromatic heterocycles. The lowest BCUT2D eigenvalue weighted by atomic mass is 10.00. The minimum Gasteiger partial charge on any atom is -0.465 e. The summed E-state index contributed by atoms with van der Waals surface area (Å²) in [6, 6.07) is 0.450. The van der Waals surface area contributed by atoms with Gasteiger partial charge in [-0.15, -0.1) is 0 Å². The summed E-state index contributed by atoms with van der Waals surface area (Å²) < 4.78 is 5.21. The number of piperazine rings is 1. The van der Waals surface area contributed by atoms with Crippen molar-refractivity contribution in [3.8, 4) is 0 Å². The maximum Gasteiger partial charge on any atom is 0.324 e. The van der Waals surface area contributed by atoms with E-state index in [1.165, 1.54) is 12.8 Å². The zero-order chi connectivity index (χ0) is 13.7. The number of likely N-dealkylation sites (tertiary alicyclic amines) is 1. The van der Waals surface area contributed by atoms with Crippen molar-refractivity contribution in [3.05, 3.63) is 0 Å². The number of rotatable bonds is 4. The Bertz CT molecular complexity index is 290. The van der Waals surface area contributed by atoms with Crippen molar-refractivity contribution in [2.24, 2.45) is 0 Å². The van der Waals surface area contributed by atoms with Crippen LogP contribution in [-0.2, 0) is 9.53 Å². The summed E-state index contributed by atoms with van der Waals surface area (Å²) in [6.07, 6.45) is 2.34. The normalized spacial score (nSPS) is 27.4. The highest BCUT2D eigenvalue weighted by molar-refractivity contribution is 5.76. The number of hydrogen-bond donors (Lipinski definition) is 1. The van der Waals surface area contributed by atoms with E-state index in [1.54, 1.807) is 0 Å². The molecule has 5 nitrogen and oxygen atoms in total. The van der Waals surface area contributed by atoms with Crippen LogP contribution < -0.4 is 5.32 Å². The Hall–Kier alpha value is -0.650. The number of nitrogens with zero attached hydrogens (tertiary/aromatic N) is 2. The lowest BCUT2D eigenvalue weighted by Crippen LogP contribution is -2.60. The van der Waals surface area contributed by atoms with Gasteiger partial charge in [-0.3, -0.25) is 9.69 Å². The van der Waals surface area contributed by atoms with Gasteiger partial charge in [0.25, 0.3) is 0 Å². The van der Waals surface area contributed by atoms with Gasteiger partial charge in [-0.2, -0.15) is 0 Å². The molecule has 0 aromatic rings. The predicted molar refractivity (Wildman–Crippen MR) is 75.1 cm³/mol. The van der Waals surface area contributed by atoms with E-state index >= 15 is 0 Å². The second-order valence-electron chi connectivity index (χ2n) is 5.38. The van der Waals surface area contributed by atoms with Crippen molar-refractivity contribution in [1.82, 2.24) is 15.1 Å². The Labute approximate surface area is 116 Å². The van der Waals surface area contributed by atoms with Crippen molar-refractivity contribution in [2.45, 2.75) is 38.8 Å². The van der Waals surface area contributed by atoms with Crippen LogP contribution in [0.5, 0.6) is 0 Å². The molecule has 1 N–H and O–H groups in total. The largest absolute Gasteiger partial charge is 0.465 e. The van der Waals surface area contributed by atoms with Crippen molar-refractivity contribution in [1.29, 1.82) is 0 Å². The molecule has 2 saturated heterocycles. The van der Waals surface area contributed by atoms with Crippen molar-refractivity contribution in [2.75, 3.05) is 45.9 Å². The van der Waals surface area contributed by atoms with Crippen LogP contribution in [-0.4, -0.2) is 73.7 Å². The van der Waals surface area contributed by atoms with Gasteiger partial charge in [0.15, 0.2) is 0 Å². The van der Waals surface area contributed by atoms with Gasteiger partial charge in [0.05, 0.1) is 6.61 Å². The summed E-state index contributed by atoms with van der Waals surface area (Å²) in [5, 5.41) is 3.31. The first-order valence-electron chi connectivity index (χ1n) is 7.61. The molecule has 0 amide bonds. The number of carbonyl (C=O) groups is 1. The molecule has 0 spiro atoms. The highest BCUT2D eigenvalue weighted by Crippen LogP contribution is 2.20. The van der Waals surface area contributed by atoms with Crippen LogP contribution in [0.15, 0.2) is 0 Å². The smallest absolute Gasteiger partial charge is 0.324 e. The van der Waals surface area contributed by atoms with Gasteiger partial charge >= 0.3 is 5.97 Å². The Morgan fingerprint density at radius 2 is 2.00 bits per heavy atom. The van der Waals surface area contributed by atoms with Gasteiger partial charge in [0.2, 0.25) is 0 Å². The predicted octanol–water partition coefficient (Wildman–Crippen LogP) is 0.308. The molecular formula is C14H27N3O2. The number of piperidine rings is 1. The molecule has 0 aliphatic carbocycles. The lowest BCUT2D eigenvalue weighted by Gasteiger charge is -2.43. The quantitative estimate of drug-likeness (QED) is 0.744. The average Bonchev–Trinajstić information content (AvgIpc) is 2.47. The van der Waals surface area contributed by atoms with Crippen LogP contribution in [0.1, 0.15) is 26.7 Å². The van der Waals surface area contributed by atoms with Gasteiger partial charge in [0.1, 0.15) is 6.04 Å². The second-order valence-corrected chi connectivity index (χ2v) is 5.38. The third-order valence-electron chi connectivity index (χ3n) is 4.32. The maximum absolute atomic E-state index is 12.1. The molecule has 110 valence electrons. The molecule has 2 aliphatic rings. The van der Waals surface area contributed by atoms with Gasteiger partial charge in [-0.1, -0.05) is 6.92 Å². The Morgan fingerprint density at radius 3 is 2.63 bits per heavy atom. The highest BCUT2D eigenvalue weighted by Gasteiger charge is 2.35. The number of esters is 1. The van der Waals surface area contributed by atoms with Crippen LogP contribution in [0.4, 0.5) is 0 Å². The first-order chi connectivity index (χ1) is 9.26. The first kappa shape index (κ1) is 14.8. The maximum atomic E-state index is 12.1. The monoisotopic (exact) mass is 269 g/mol. The Morgan fingerprint density at radius 1 is 1.26 bits per heavy atom. The van der Waals surface area contributed by atoms with E-state index in [2.05, 4.69) is 22.0 Å². The fourth-order valence-corrected chi connectivity index (χ4v) is 3.18. The third kappa shape index (κ3) is 3.68. The molecule has 0 radical (unpaired) electrons. The van der Waals surface area contributed by atoms with Gasteiger partial charge in [-0.05, 0) is 39.4 Å². The fraction of sp³-hybridized carbons (Fsp3) is 0.929. The Kier molecular flexibility index (Phi) is 5.60. The number of hydrogen-bond acceptors (Lipinski definition) is 5. The first-order valence-corrected chi connectivity index (χ1v) is 7.61. The summed E-state index contributed by atoms with van der Waals surface area (Å²) in [6.45, 7) is 10.7. The molecule has 1 unspecified atom stereocenters. The summed E-state index contributed by atoms with van der Waals surface area (Å²) in [5.41, 5.74) is 0. The minimum absolute atomic E-state index is 0.0624. The second kappa shape index (κ2) is 7.22. The van der Waals surface area contributed by atoms with E-state index in [9.17, 15) is 4.79 Å². The van der Waals surface area contributed by atoms with Crippen LogP contribution >= 0.6 is 0 Å². The fourth-order valence-electron chi connectivity index (χ4n) is 3.18. The highest BCUT2D eigenvalue weighted by atomic mass is 16.5. The molecule has 0 aromatic carbocycles. The molecule has 2 rings (SSSR count). The summed E-state index contributed by atoms with van der Waals surface area (Å²) in [7, 11) is 0. The van der Waals surface area contributed by atoms with Crippen molar-refractivity contribution in [3.63, 3.8) is 0 Å². The zero-order valence-electron chi connectivity index (χ0n) is 12.2. The molecule has 2 aliphatic heterocycles. The number of nitrogens with one attached hydrogen (secondary N) is 1. The van der Waals surface area contributed by atoms with Crippen LogP contribution in [0.2, 0.25) is 0 Å².